The minimum atomic E-state index is 0.261. The van der Waals surface area contributed by atoms with E-state index in [0.717, 1.165) is 31.5 Å². The summed E-state index contributed by atoms with van der Waals surface area (Å²) < 4.78 is 0. The molecule has 0 rings (SSSR count). The Morgan fingerprint density at radius 1 is 1.21 bits per heavy atom. The number of halogens is 1. The maximum absolute atomic E-state index is 3.59. The first-order valence-electron chi connectivity index (χ1n) is 5.59. The van der Waals surface area contributed by atoms with E-state index in [2.05, 4.69) is 53.8 Å². The van der Waals surface area contributed by atoms with E-state index in [-0.39, 0.29) is 5.54 Å². The van der Waals surface area contributed by atoms with E-state index in [1.807, 2.05) is 0 Å². The maximum atomic E-state index is 3.59. The molecule has 0 aliphatic carbocycles. The van der Waals surface area contributed by atoms with Crippen LogP contribution >= 0.6 is 15.9 Å². The van der Waals surface area contributed by atoms with Gasteiger partial charge in [0.25, 0.3) is 0 Å². The number of hydrogen-bond donors (Lipinski definition) is 1. The molecule has 0 saturated heterocycles. The predicted molar refractivity (Wildman–Crippen MR) is 68.3 cm³/mol. The lowest BCUT2D eigenvalue weighted by atomic mass is 10.0. The van der Waals surface area contributed by atoms with Crippen molar-refractivity contribution in [1.82, 2.24) is 10.2 Å². The van der Waals surface area contributed by atoms with Crippen LogP contribution in [0.25, 0.3) is 0 Å². The van der Waals surface area contributed by atoms with Crippen LogP contribution in [0.1, 0.15) is 34.1 Å². The van der Waals surface area contributed by atoms with Gasteiger partial charge in [-0.1, -0.05) is 29.8 Å². The first-order valence-corrected chi connectivity index (χ1v) is 6.71. The lowest BCUT2D eigenvalue weighted by Crippen LogP contribution is -2.43. The van der Waals surface area contributed by atoms with Crippen molar-refractivity contribution in [2.75, 3.05) is 31.5 Å². The van der Waals surface area contributed by atoms with E-state index < -0.39 is 0 Å². The number of rotatable bonds is 8. The summed E-state index contributed by atoms with van der Waals surface area (Å²) in [5, 5.41) is 4.66. The standard InChI is InChI=1S/C11H25BrN2/c1-5-14(6-2)10-9-13-11(3,4)7-8-12/h13H,5-10H2,1-4H3. The van der Waals surface area contributed by atoms with Crippen molar-refractivity contribution in [3.05, 3.63) is 0 Å². The highest BCUT2D eigenvalue weighted by Gasteiger charge is 2.15. The largest absolute Gasteiger partial charge is 0.310 e. The maximum Gasteiger partial charge on any atom is 0.0133 e. The van der Waals surface area contributed by atoms with Crippen molar-refractivity contribution in [3.8, 4) is 0 Å². The minimum Gasteiger partial charge on any atom is -0.310 e. The Bertz CT molecular complexity index is 133. The van der Waals surface area contributed by atoms with Crippen molar-refractivity contribution in [1.29, 1.82) is 0 Å². The third-order valence-corrected chi connectivity index (χ3v) is 3.04. The summed E-state index contributed by atoms with van der Waals surface area (Å²) in [6.07, 6.45) is 1.17. The SMILES string of the molecule is CCN(CC)CCNC(C)(C)CCBr. The molecule has 0 radical (unpaired) electrons. The molecule has 0 aromatic heterocycles. The van der Waals surface area contributed by atoms with Gasteiger partial charge in [-0.15, -0.1) is 0 Å². The Labute approximate surface area is 97.6 Å². The van der Waals surface area contributed by atoms with Gasteiger partial charge in [0.05, 0.1) is 0 Å². The van der Waals surface area contributed by atoms with Gasteiger partial charge in [0.2, 0.25) is 0 Å². The summed E-state index contributed by atoms with van der Waals surface area (Å²) in [6, 6.07) is 0. The van der Waals surface area contributed by atoms with E-state index >= 15 is 0 Å². The van der Waals surface area contributed by atoms with E-state index in [1.165, 1.54) is 6.42 Å². The Kier molecular flexibility index (Phi) is 7.88. The molecule has 86 valence electrons. The average Bonchev–Trinajstić information content (AvgIpc) is 2.12. The highest BCUT2D eigenvalue weighted by molar-refractivity contribution is 9.09. The van der Waals surface area contributed by atoms with Gasteiger partial charge in [-0.2, -0.15) is 0 Å². The van der Waals surface area contributed by atoms with Gasteiger partial charge in [-0.25, -0.2) is 0 Å². The molecule has 0 spiro atoms. The summed E-state index contributed by atoms with van der Waals surface area (Å²) >= 11 is 3.48. The molecule has 0 amide bonds. The number of nitrogens with zero attached hydrogens (tertiary/aromatic N) is 1. The van der Waals surface area contributed by atoms with Gasteiger partial charge in [0, 0.05) is 24.0 Å². The molecule has 0 aromatic rings. The quantitative estimate of drug-likeness (QED) is 0.678. The van der Waals surface area contributed by atoms with Crippen molar-refractivity contribution in [2.24, 2.45) is 0 Å². The van der Waals surface area contributed by atoms with Crippen LogP contribution in [0.4, 0.5) is 0 Å². The lowest BCUT2D eigenvalue weighted by molar-refractivity contribution is 0.278. The van der Waals surface area contributed by atoms with Gasteiger partial charge in [0.1, 0.15) is 0 Å². The fourth-order valence-corrected chi connectivity index (χ4v) is 2.41. The molecule has 0 aliphatic rings. The highest BCUT2D eigenvalue weighted by atomic mass is 79.9. The zero-order chi connectivity index (χ0) is 11.0. The first-order chi connectivity index (χ1) is 6.55. The van der Waals surface area contributed by atoms with Crippen LogP contribution in [0, 0.1) is 0 Å². The monoisotopic (exact) mass is 264 g/mol. The second-order valence-corrected chi connectivity index (χ2v) is 5.07. The van der Waals surface area contributed by atoms with Crippen LogP contribution in [0.3, 0.4) is 0 Å². The van der Waals surface area contributed by atoms with E-state index in [0.29, 0.717) is 0 Å². The molecule has 14 heavy (non-hydrogen) atoms. The molecule has 3 heteroatoms. The molecule has 0 bridgehead atoms. The highest BCUT2D eigenvalue weighted by Crippen LogP contribution is 2.09. The Morgan fingerprint density at radius 2 is 1.79 bits per heavy atom. The Morgan fingerprint density at radius 3 is 2.21 bits per heavy atom. The van der Waals surface area contributed by atoms with E-state index in [9.17, 15) is 0 Å². The van der Waals surface area contributed by atoms with Gasteiger partial charge in [-0.05, 0) is 33.4 Å². The zero-order valence-corrected chi connectivity index (χ0v) is 11.7. The molecular formula is C11H25BrN2. The third kappa shape index (κ3) is 6.80. The van der Waals surface area contributed by atoms with E-state index in [4.69, 9.17) is 0 Å². The summed E-state index contributed by atoms with van der Waals surface area (Å²) in [5.41, 5.74) is 0.261. The number of alkyl halides is 1. The Balaban J connectivity index is 3.60. The van der Waals surface area contributed by atoms with Gasteiger partial charge in [-0.3, -0.25) is 0 Å². The second kappa shape index (κ2) is 7.66. The van der Waals surface area contributed by atoms with Crippen LogP contribution in [0.5, 0.6) is 0 Å². The molecule has 0 fully saturated rings. The molecule has 2 nitrogen and oxygen atoms in total. The Hall–Kier alpha value is 0.400. The fourth-order valence-electron chi connectivity index (χ4n) is 1.42. The molecule has 1 N–H and O–H groups in total. The van der Waals surface area contributed by atoms with Gasteiger partial charge in [0.15, 0.2) is 0 Å². The summed E-state index contributed by atoms with van der Waals surface area (Å²) in [4.78, 5) is 2.44. The average molecular weight is 265 g/mol. The van der Waals surface area contributed by atoms with Crippen molar-refractivity contribution in [2.45, 2.75) is 39.7 Å². The van der Waals surface area contributed by atoms with Crippen LogP contribution < -0.4 is 5.32 Å². The summed E-state index contributed by atoms with van der Waals surface area (Å²) in [7, 11) is 0. The van der Waals surface area contributed by atoms with Crippen molar-refractivity contribution in [3.63, 3.8) is 0 Å². The first kappa shape index (κ1) is 14.4. The normalized spacial score (nSPS) is 12.4. The molecular weight excluding hydrogens is 240 g/mol. The number of hydrogen-bond acceptors (Lipinski definition) is 2. The van der Waals surface area contributed by atoms with Crippen molar-refractivity contribution >= 4 is 15.9 Å². The van der Waals surface area contributed by atoms with Crippen LogP contribution in [-0.4, -0.2) is 41.9 Å². The van der Waals surface area contributed by atoms with Crippen LogP contribution in [0.2, 0.25) is 0 Å². The molecule has 0 aliphatic heterocycles. The summed E-state index contributed by atoms with van der Waals surface area (Å²) in [6.45, 7) is 13.5. The molecule has 0 aromatic carbocycles. The molecule has 0 unspecified atom stereocenters. The predicted octanol–water partition coefficient (Wildman–Crippen LogP) is 2.48. The fraction of sp³-hybridized carbons (Fsp3) is 1.00. The summed E-state index contributed by atoms with van der Waals surface area (Å²) in [5.74, 6) is 0. The molecule has 0 saturated carbocycles. The zero-order valence-electron chi connectivity index (χ0n) is 10.1. The van der Waals surface area contributed by atoms with Crippen LogP contribution in [-0.2, 0) is 0 Å². The number of nitrogens with one attached hydrogen (secondary N) is 1. The second-order valence-electron chi connectivity index (χ2n) is 4.28. The van der Waals surface area contributed by atoms with Crippen molar-refractivity contribution < 1.29 is 0 Å². The smallest absolute Gasteiger partial charge is 0.0133 e. The third-order valence-electron chi connectivity index (χ3n) is 2.65. The van der Waals surface area contributed by atoms with E-state index in [1.54, 1.807) is 0 Å². The lowest BCUT2D eigenvalue weighted by Gasteiger charge is -2.27. The van der Waals surface area contributed by atoms with Crippen LogP contribution in [0.15, 0.2) is 0 Å². The minimum absolute atomic E-state index is 0.261. The molecule has 0 heterocycles. The van der Waals surface area contributed by atoms with Gasteiger partial charge < -0.3 is 10.2 Å². The topological polar surface area (TPSA) is 15.3 Å². The number of likely N-dealkylation sites (N-methyl/N-ethyl adjacent to an activating group) is 1. The molecule has 0 atom stereocenters. The van der Waals surface area contributed by atoms with Gasteiger partial charge >= 0.3 is 0 Å².